The highest BCUT2D eigenvalue weighted by atomic mass is 32.2. The number of carboxylic acid groups (broad SMARTS) is 1. The van der Waals surface area contributed by atoms with Crippen molar-refractivity contribution in [1.29, 1.82) is 0 Å². The topological polar surface area (TPSA) is 105 Å². The van der Waals surface area contributed by atoms with E-state index in [2.05, 4.69) is 17.6 Å². The molecule has 156 valence electrons. The van der Waals surface area contributed by atoms with Gasteiger partial charge in [0.25, 0.3) is 0 Å². The van der Waals surface area contributed by atoms with Crippen molar-refractivity contribution in [2.45, 2.75) is 58.2 Å². The fourth-order valence-corrected chi connectivity index (χ4v) is 3.29. The average molecular weight is 411 g/mol. The summed E-state index contributed by atoms with van der Waals surface area (Å²) < 4.78 is 5.03. The zero-order valence-corrected chi connectivity index (χ0v) is 17.3. The second-order valence-electron chi connectivity index (χ2n) is 6.58. The van der Waals surface area contributed by atoms with Gasteiger partial charge in [-0.2, -0.15) is 0 Å². The van der Waals surface area contributed by atoms with Crippen molar-refractivity contribution < 1.29 is 24.2 Å². The lowest BCUT2D eigenvalue weighted by molar-refractivity contribution is -0.138. The maximum Gasteiger partial charge on any atom is 0.408 e. The van der Waals surface area contributed by atoms with Crippen LogP contribution in [0.4, 0.5) is 4.79 Å². The molecule has 3 N–H and O–H groups in total. The van der Waals surface area contributed by atoms with Crippen LogP contribution in [0.15, 0.2) is 30.3 Å². The van der Waals surface area contributed by atoms with Gasteiger partial charge >= 0.3 is 12.1 Å². The Morgan fingerprint density at radius 1 is 1.14 bits per heavy atom. The van der Waals surface area contributed by atoms with Gasteiger partial charge in [-0.05, 0) is 18.9 Å². The Labute approximate surface area is 170 Å². The summed E-state index contributed by atoms with van der Waals surface area (Å²) in [4.78, 5) is 35.1. The molecular formula is C20H30N2O5S. The minimum atomic E-state index is -1.17. The fraction of sp³-hybridized carbons (Fsp3) is 0.550. The number of carboxylic acids is 1. The van der Waals surface area contributed by atoms with E-state index in [1.807, 2.05) is 25.1 Å². The molecule has 8 heteroatoms. The largest absolute Gasteiger partial charge is 0.480 e. The molecule has 1 aromatic carbocycles. The zero-order valence-electron chi connectivity index (χ0n) is 16.5. The monoisotopic (exact) mass is 410 g/mol. The molecular weight excluding hydrogens is 380 g/mol. The number of amides is 2. The molecule has 0 spiro atoms. The number of alkyl carbamates (subject to hydrolysis) is 1. The van der Waals surface area contributed by atoms with E-state index in [1.165, 1.54) is 0 Å². The molecule has 2 amide bonds. The van der Waals surface area contributed by atoms with Crippen molar-refractivity contribution >= 4 is 29.7 Å². The summed E-state index contributed by atoms with van der Waals surface area (Å²) in [5.41, 5.74) is 0.809. The minimum absolute atomic E-state index is 0.0600. The number of nitrogens with one attached hydrogen (secondary N) is 2. The summed E-state index contributed by atoms with van der Waals surface area (Å²) in [5, 5.41) is 14.5. The van der Waals surface area contributed by atoms with Crippen molar-refractivity contribution in [3.05, 3.63) is 35.9 Å². The van der Waals surface area contributed by atoms with Crippen LogP contribution >= 0.6 is 11.8 Å². The smallest absolute Gasteiger partial charge is 0.408 e. The quantitative estimate of drug-likeness (QED) is 0.432. The van der Waals surface area contributed by atoms with Gasteiger partial charge < -0.3 is 20.5 Å². The number of unbranched alkanes of at least 4 members (excludes halogenated alkanes) is 2. The lowest BCUT2D eigenvalue weighted by atomic mass is 10.1. The van der Waals surface area contributed by atoms with Gasteiger partial charge in [-0.1, -0.05) is 56.5 Å². The molecule has 0 fully saturated rings. The Hall–Kier alpha value is -2.22. The van der Waals surface area contributed by atoms with Gasteiger partial charge in [0.1, 0.15) is 12.6 Å². The fourth-order valence-electron chi connectivity index (χ4n) is 2.44. The Morgan fingerprint density at radius 2 is 1.86 bits per heavy atom. The highest BCUT2D eigenvalue weighted by Crippen LogP contribution is 2.07. The molecule has 1 rings (SSSR count). The van der Waals surface area contributed by atoms with Crippen LogP contribution in [0.1, 0.15) is 45.1 Å². The molecule has 0 bridgehead atoms. The van der Waals surface area contributed by atoms with E-state index in [4.69, 9.17) is 4.74 Å². The molecule has 1 aromatic rings. The minimum Gasteiger partial charge on any atom is -0.480 e. The third-order valence-electron chi connectivity index (χ3n) is 3.97. The van der Waals surface area contributed by atoms with Crippen LogP contribution in [-0.2, 0) is 20.9 Å². The van der Waals surface area contributed by atoms with Crippen molar-refractivity contribution in [1.82, 2.24) is 10.6 Å². The molecule has 0 aliphatic carbocycles. The second-order valence-corrected chi connectivity index (χ2v) is 7.61. The van der Waals surface area contributed by atoms with Crippen LogP contribution in [0.25, 0.3) is 0 Å². The summed E-state index contributed by atoms with van der Waals surface area (Å²) in [5.74, 6) is -1.09. The van der Waals surface area contributed by atoms with Crippen molar-refractivity contribution in [2.24, 2.45) is 0 Å². The van der Waals surface area contributed by atoms with E-state index < -0.39 is 18.1 Å². The van der Waals surface area contributed by atoms with E-state index in [1.54, 1.807) is 12.1 Å². The number of thioether (sulfide) groups is 1. The van der Waals surface area contributed by atoms with Gasteiger partial charge in [-0.25, -0.2) is 9.59 Å². The first kappa shape index (κ1) is 23.8. The molecule has 0 aliphatic heterocycles. The van der Waals surface area contributed by atoms with Gasteiger partial charge in [-0.3, -0.25) is 4.79 Å². The Balaban J connectivity index is 2.29. The van der Waals surface area contributed by atoms with Gasteiger partial charge in [0.2, 0.25) is 5.91 Å². The van der Waals surface area contributed by atoms with Gasteiger partial charge in [-0.15, -0.1) is 11.8 Å². The first-order valence-corrected chi connectivity index (χ1v) is 10.6. The highest BCUT2D eigenvalue weighted by Gasteiger charge is 2.21. The van der Waals surface area contributed by atoms with E-state index in [0.29, 0.717) is 0 Å². The molecule has 28 heavy (non-hydrogen) atoms. The lowest BCUT2D eigenvalue weighted by Gasteiger charge is -2.16. The van der Waals surface area contributed by atoms with Gasteiger partial charge in [0, 0.05) is 11.8 Å². The van der Waals surface area contributed by atoms with Crippen molar-refractivity contribution in [3.8, 4) is 0 Å². The molecule has 7 nitrogen and oxygen atoms in total. The van der Waals surface area contributed by atoms with Crippen LogP contribution in [0, 0.1) is 0 Å². The predicted octanol–water partition coefficient (Wildman–Crippen LogP) is 3.18. The van der Waals surface area contributed by atoms with Crippen molar-refractivity contribution in [2.75, 3.05) is 11.5 Å². The summed E-state index contributed by atoms with van der Waals surface area (Å²) in [6.07, 6.45) is 3.47. The number of carbonyl (C=O) groups excluding carboxylic acids is 2. The first-order valence-electron chi connectivity index (χ1n) is 9.49. The van der Waals surface area contributed by atoms with E-state index in [-0.39, 0.29) is 30.1 Å². The average Bonchev–Trinajstić information content (AvgIpc) is 2.66. The highest BCUT2D eigenvalue weighted by molar-refractivity contribution is 8.00. The zero-order chi connectivity index (χ0) is 20.8. The Kier molecular flexibility index (Phi) is 11.8. The van der Waals surface area contributed by atoms with Gasteiger partial charge in [0.15, 0.2) is 0 Å². The van der Waals surface area contributed by atoms with E-state index in [9.17, 15) is 19.5 Å². The van der Waals surface area contributed by atoms with Crippen molar-refractivity contribution in [3.63, 3.8) is 0 Å². The summed E-state index contributed by atoms with van der Waals surface area (Å²) in [6.45, 7) is 4.15. The first-order chi connectivity index (χ1) is 13.4. The summed E-state index contributed by atoms with van der Waals surface area (Å²) >= 11 is 1.16. The molecule has 0 aliphatic rings. The molecule has 2 unspecified atom stereocenters. The summed E-state index contributed by atoms with van der Waals surface area (Å²) in [7, 11) is 0. The van der Waals surface area contributed by atoms with E-state index in [0.717, 1.165) is 43.0 Å². The molecule has 0 radical (unpaired) electrons. The number of benzene rings is 1. The number of hydrogen-bond acceptors (Lipinski definition) is 5. The SMILES string of the molecule is CCCCCC(C)NC(=O)CSCC(NC(=O)OCc1ccccc1)C(=O)O. The standard InChI is InChI=1S/C20H30N2O5S/c1-3-4-6-9-15(2)21-18(23)14-28-13-17(19(24)25)22-20(26)27-12-16-10-7-5-8-11-16/h5,7-8,10-11,15,17H,3-4,6,9,12-14H2,1-2H3,(H,21,23)(H,22,26)(H,24,25). The molecule has 2 atom stereocenters. The van der Waals surface area contributed by atoms with E-state index >= 15 is 0 Å². The second kappa shape index (κ2) is 13.9. The third kappa shape index (κ3) is 10.8. The van der Waals surface area contributed by atoms with Crippen LogP contribution in [0.2, 0.25) is 0 Å². The summed E-state index contributed by atoms with van der Waals surface area (Å²) in [6, 6.07) is 8.08. The maximum absolute atomic E-state index is 11.9. The number of carbonyl (C=O) groups is 3. The van der Waals surface area contributed by atoms with Crippen LogP contribution in [0.5, 0.6) is 0 Å². The molecule has 0 saturated carbocycles. The van der Waals surface area contributed by atoms with Gasteiger partial charge in [0.05, 0.1) is 5.75 Å². The Morgan fingerprint density at radius 3 is 2.50 bits per heavy atom. The maximum atomic E-state index is 11.9. The number of aliphatic carboxylic acids is 1. The Bertz CT molecular complexity index is 612. The molecule has 0 heterocycles. The predicted molar refractivity (Wildman–Crippen MR) is 110 cm³/mol. The molecule has 0 saturated heterocycles. The number of hydrogen-bond donors (Lipinski definition) is 3. The van der Waals surface area contributed by atoms with Crippen LogP contribution < -0.4 is 10.6 Å². The lowest BCUT2D eigenvalue weighted by Crippen LogP contribution is -2.43. The van der Waals surface area contributed by atoms with Crippen LogP contribution in [0.3, 0.4) is 0 Å². The molecule has 0 aromatic heterocycles. The number of rotatable bonds is 13. The third-order valence-corrected chi connectivity index (χ3v) is 5.00. The van der Waals surface area contributed by atoms with Crippen LogP contribution in [-0.4, -0.2) is 46.7 Å². The number of ether oxygens (including phenoxy) is 1. The normalized spacial score (nSPS) is 12.6.